The molecule has 24 heavy (non-hydrogen) atoms. The number of carbonyl (C=O) groups is 1. The van der Waals surface area contributed by atoms with Crippen LogP contribution in [0.1, 0.15) is 37.7 Å². The van der Waals surface area contributed by atoms with Gasteiger partial charge in [-0.25, -0.2) is 0 Å². The van der Waals surface area contributed by atoms with Gasteiger partial charge in [0.15, 0.2) is 0 Å². The van der Waals surface area contributed by atoms with E-state index in [0.717, 1.165) is 57.4 Å². The predicted molar refractivity (Wildman–Crippen MR) is 98.6 cm³/mol. The zero-order valence-electron chi connectivity index (χ0n) is 14.4. The van der Waals surface area contributed by atoms with E-state index in [4.69, 9.17) is 10.5 Å². The fraction of sp³-hybridized carbons (Fsp3) is 0.632. The molecule has 0 aromatic heterocycles. The average molecular weight is 353 g/mol. The number of nitrogens with two attached hydrogens (primary N) is 1. The first-order valence-corrected chi connectivity index (χ1v) is 8.83. The van der Waals surface area contributed by atoms with Crippen LogP contribution in [0.3, 0.4) is 0 Å². The van der Waals surface area contributed by atoms with Crippen LogP contribution in [0.4, 0.5) is 0 Å². The number of methoxy groups -OCH3 is 1. The van der Waals surface area contributed by atoms with E-state index < -0.39 is 0 Å². The SMILES string of the molecule is COc1ccc(CC2CCN(C(=O)C3CCC(N)C3)CC2)cc1.Cl. The molecule has 4 nitrogen and oxygen atoms in total. The summed E-state index contributed by atoms with van der Waals surface area (Å²) in [6.07, 6.45) is 6.17. The Hall–Kier alpha value is -1.26. The van der Waals surface area contributed by atoms with Crippen molar-refractivity contribution in [1.82, 2.24) is 4.90 Å². The topological polar surface area (TPSA) is 55.6 Å². The van der Waals surface area contributed by atoms with Crippen molar-refractivity contribution >= 4 is 18.3 Å². The Bertz CT molecular complexity index is 527. The monoisotopic (exact) mass is 352 g/mol. The summed E-state index contributed by atoms with van der Waals surface area (Å²) in [5.74, 6) is 2.12. The Labute approximate surface area is 151 Å². The van der Waals surface area contributed by atoms with E-state index >= 15 is 0 Å². The molecular weight excluding hydrogens is 324 g/mol. The molecule has 1 aliphatic heterocycles. The highest BCUT2D eigenvalue weighted by atomic mass is 35.5. The fourth-order valence-corrected chi connectivity index (χ4v) is 3.95. The molecule has 134 valence electrons. The molecule has 1 saturated heterocycles. The Morgan fingerprint density at radius 3 is 2.38 bits per heavy atom. The maximum Gasteiger partial charge on any atom is 0.225 e. The Morgan fingerprint density at radius 1 is 1.17 bits per heavy atom. The van der Waals surface area contributed by atoms with E-state index in [1.54, 1.807) is 7.11 Å². The number of halogens is 1. The zero-order chi connectivity index (χ0) is 16.2. The molecule has 1 saturated carbocycles. The van der Waals surface area contributed by atoms with Gasteiger partial charge in [0.25, 0.3) is 0 Å². The number of carbonyl (C=O) groups excluding carboxylic acids is 1. The molecule has 2 unspecified atom stereocenters. The van der Waals surface area contributed by atoms with Crippen molar-refractivity contribution in [3.63, 3.8) is 0 Å². The summed E-state index contributed by atoms with van der Waals surface area (Å²) in [5, 5.41) is 0. The molecule has 0 spiro atoms. The number of amides is 1. The molecule has 1 amide bonds. The van der Waals surface area contributed by atoms with E-state index in [1.807, 2.05) is 12.1 Å². The molecule has 2 N–H and O–H groups in total. The van der Waals surface area contributed by atoms with Crippen LogP contribution >= 0.6 is 12.4 Å². The quantitative estimate of drug-likeness (QED) is 0.906. The maximum absolute atomic E-state index is 12.5. The van der Waals surface area contributed by atoms with Gasteiger partial charge in [0.05, 0.1) is 7.11 Å². The number of piperidine rings is 1. The lowest BCUT2D eigenvalue weighted by atomic mass is 9.89. The van der Waals surface area contributed by atoms with Gasteiger partial charge in [-0.05, 0) is 62.1 Å². The number of nitrogens with zero attached hydrogens (tertiary/aromatic N) is 1. The summed E-state index contributed by atoms with van der Waals surface area (Å²) in [6.45, 7) is 1.82. The van der Waals surface area contributed by atoms with Crippen LogP contribution in [0, 0.1) is 11.8 Å². The molecule has 1 aromatic carbocycles. The van der Waals surface area contributed by atoms with Gasteiger partial charge in [-0.15, -0.1) is 12.4 Å². The van der Waals surface area contributed by atoms with Crippen molar-refractivity contribution in [3.05, 3.63) is 29.8 Å². The number of rotatable bonds is 4. The molecule has 0 bridgehead atoms. The van der Waals surface area contributed by atoms with Gasteiger partial charge in [-0.1, -0.05) is 12.1 Å². The van der Waals surface area contributed by atoms with E-state index in [9.17, 15) is 4.79 Å². The van der Waals surface area contributed by atoms with Crippen LogP contribution in [0.15, 0.2) is 24.3 Å². The summed E-state index contributed by atoms with van der Waals surface area (Å²) in [4.78, 5) is 14.6. The summed E-state index contributed by atoms with van der Waals surface area (Å²) >= 11 is 0. The second-order valence-corrected chi connectivity index (χ2v) is 7.09. The molecular formula is C19H29ClN2O2. The lowest BCUT2D eigenvalue weighted by Gasteiger charge is -2.33. The number of likely N-dealkylation sites (tertiary alicyclic amines) is 1. The summed E-state index contributed by atoms with van der Waals surface area (Å²) < 4.78 is 5.20. The van der Waals surface area contributed by atoms with E-state index in [-0.39, 0.29) is 24.4 Å². The number of hydrogen-bond acceptors (Lipinski definition) is 3. The maximum atomic E-state index is 12.5. The Balaban J connectivity index is 0.00000208. The van der Waals surface area contributed by atoms with Crippen LogP contribution in [0.5, 0.6) is 5.75 Å². The van der Waals surface area contributed by atoms with Crippen molar-refractivity contribution in [2.75, 3.05) is 20.2 Å². The highest BCUT2D eigenvalue weighted by molar-refractivity contribution is 5.85. The van der Waals surface area contributed by atoms with E-state index in [0.29, 0.717) is 11.8 Å². The van der Waals surface area contributed by atoms with Gasteiger partial charge >= 0.3 is 0 Å². The van der Waals surface area contributed by atoms with Gasteiger partial charge in [0.1, 0.15) is 5.75 Å². The molecule has 0 radical (unpaired) electrons. The van der Waals surface area contributed by atoms with Gasteiger partial charge in [0.2, 0.25) is 5.91 Å². The van der Waals surface area contributed by atoms with Crippen molar-refractivity contribution < 1.29 is 9.53 Å². The largest absolute Gasteiger partial charge is 0.497 e. The third-order valence-electron chi connectivity index (χ3n) is 5.43. The molecule has 2 fully saturated rings. The van der Waals surface area contributed by atoms with Gasteiger partial charge < -0.3 is 15.4 Å². The van der Waals surface area contributed by atoms with E-state index in [1.165, 1.54) is 5.56 Å². The first-order chi connectivity index (χ1) is 11.2. The highest BCUT2D eigenvalue weighted by Gasteiger charge is 2.32. The average Bonchev–Trinajstić information content (AvgIpc) is 3.02. The zero-order valence-corrected chi connectivity index (χ0v) is 15.3. The molecule has 1 aliphatic carbocycles. The van der Waals surface area contributed by atoms with Crippen LogP contribution in [0.25, 0.3) is 0 Å². The normalized spacial score (nSPS) is 24.5. The minimum Gasteiger partial charge on any atom is -0.497 e. The van der Waals surface area contributed by atoms with Crippen molar-refractivity contribution in [2.45, 2.75) is 44.6 Å². The smallest absolute Gasteiger partial charge is 0.225 e. The Morgan fingerprint density at radius 2 is 1.83 bits per heavy atom. The molecule has 1 heterocycles. The first kappa shape index (κ1) is 19.1. The molecule has 3 rings (SSSR count). The summed E-state index contributed by atoms with van der Waals surface area (Å²) in [7, 11) is 1.69. The number of benzene rings is 1. The summed E-state index contributed by atoms with van der Waals surface area (Å²) in [5.41, 5.74) is 7.30. The third-order valence-corrected chi connectivity index (χ3v) is 5.43. The van der Waals surface area contributed by atoms with Crippen LogP contribution < -0.4 is 10.5 Å². The van der Waals surface area contributed by atoms with Crippen molar-refractivity contribution in [1.29, 1.82) is 0 Å². The second-order valence-electron chi connectivity index (χ2n) is 7.09. The molecule has 2 aliphatic rings. The van der Waals surface area contributed by atoms with Crippen LogP contribution in [-0.4, -0.2) is 37.0 Å². The highest BCUT2D eigenvalue weighted by Crippen LogP contribution is 2.29. The second kappa shape index (κ2) is 8.72. The number of hydrogen-bond donors (Lipinski definition) is 1. The lowest BCUT2D eigenvalue weighted by Crippen LogP contribution is -2.41. The van der Waals surface area contributed by atoms with Crippen molar-refractivity contribution in [3.8, 4) is 5.75 Å². The molecule has 5 heteroatoms. The van der Waals surface area contributed by atoms with Crippen LogP contribution in [-0.2, 0) is 11.2 Å². The first-order valence-electron chi connectivity index (χ1n) is 8.83. The lowest BCUT2D eigenvalue weighted by molar-refractivity contribution is -0.136. The van der Waals surface area contributed by atoms with Crippen LogP contribution in [0.2, 0.25) is 0 Å². The third kappa shape index (κ3) is 4.64. The van der Waals surface area contributed by atoms with E-state index in [2.05, 4.69) is 17.0 Å². The fourth-order valence-electron chi connectivity index (χ4n) is 3.95. The molecule has 2 atom stereocenters. The van der Waals surface area contributed by atoms with Gasteiger partial charge in [-0.3, -0.25) is 4.79 Å². The van der Waals surface area contributed by atoms with Crippen molar-refractivity contribution in [2.24, 2.45) is 17.6 Å². The predicted octanol–water partition coefficient (Wildman–Crippen LogP) is 3.03. The van der Waals surface area contributed by atoms with Gasteiger partial charge in [0, 0.05) is 25.0 Å². The Kier molecular flexibility index (Phi) is 6.93. The minimum atomic E-state index is 0. The standard InChI is InChI=1S/C19H28N2O2.ClH/c1-23-18-6-2-14(3-7-18)12-15-8-10-21(11-9-15)19(22)16-4-5-17(20)13-16;/h2-3,6-7,15-17H,4-5,8-13,20H2,1H3;1H. The summed E-state index contributed by atoms with van der Waals surface area (Å²) in [6, 6.07) is 8.58. The molecule has 1 aromatic rings. The number of ether oxygens (including phenoxy) is 1. The minimum absolute atomic E-state index is 0. The van der Waals surface area contributed by atoms with Gasteiger partial charge in [-0.2, -0.15) is 0 Å².